The molecule has 0 aromatic heterocycles. The Morgan fingerprint density at radius 2 is 2.13 bits per heavy atom. The number of benzene rings is 1. The lowest BCUT2D eigenvalue weighted by Crippen LogP contribution is -2.40. The van der Waals surface area contributed by atoms with E-state index in [-0.39, 0.29) is 5.78 Å². The third kappa shape index (κ3) is 2.25. The van der Waals surface area contributed by atoms with E-state index in [9.17, 15) is 4.79 Å². The van der Waals surface area contributed by atoms with Crippen molar-refractivity contribution in [3.05, 3.63) is 35.9 Å². The minimum atomic E-state index is -0.603. The van der Waals surface area contributed by atoms with Crippen LogP contribution in [0.4, 0.5) is 0 Å². The summed E-state index contributed by atoms with van der Waals surface area (Å²) >= 11 is 0. The molecule has 1 aromatic carbocycles. The van der Waals surface area contributed by atoms with E-state index in [1.807, 2.05) is 30.3 Å². The van der Waals surface area contributed by atoms with Gasteiger partial charge in [0, 0.05) is 0 Å². The number of carbonyl (C=O) groups excluding carboxylic acids is 1. The zero-order chi connectivity index (χ0) is 10.9. The van der Waals surface area contributed by atoms with Gasteiger partial charge in [-0.1, -0.05) is 30.3 Å². The lowest BCUT2D eigenvalue weighted by Gasteiger charge is -2.12. The summed E-state index contributed by atoms with van der Waals surface area (Å²) in [4.78, 5) is 11.8. The van der Waals surface area contributed by atoms with Crippen molar-refractivity contribution in [2.75, 3.05) is 6.61 Å². The molecule has 1 aromatic rings. The molecule has 1 fully saturated rings. The lowest BCUT2D eigenvalue weighted by molar-refractivity contribution is -0.124. The van der Waals surface area contributed by atoms with E-state index >= 15 is 0 Å². The molecule has 1 heterocycles. The molecule has 0 radical (unpaired) electrons. The van der Waals surface area contributed by atoms with Crippen LogP contribution in [0.3, 0.4) is 0 Å². The SMILES string of the molecule is CC1(C(=O)C(N)Cc2ccccc2)CO1. The lowest BCUT2D eigenvalue weighted by atomic mass is 9.96. The molecule has 0 saturated carbocycles. The Bertz CT molecular complexity index is 357. The largest absolute Gasteiger partial charge is 0.362 e. The van der Waals surface area contributed by atoms with Gasteiger partial charge in [0.1, 0.15) is 5.60 Å². The summed E-state index contributed by atoms with van der Waals surface area (Å²) in [6.45, 7) is 2.30. The molecule has 3 heteroatoms. The highest BCUT2D eigenvalue weighted by atomic mass is 16.6. The van der Waals surface area contributed by atoms with Gasteiger partial charge in [0.25, 0.3) is 0 Å². The molecule has 2 unspecified atom stereocenters. The zero-order valence-corrected chi connectivity index (χ0v) is 8.77. The highest BCUT2D eigenvalue weighted by Gasteiger charge is 2.48. The maximum atomic E-state index is 11.8. The number of epoxide rings is 1. The number of ketones is 1. The van der Waals surface area contributed by atoms with Gasteiger partial charge in [-0.2, -0.15) is 0 Å². The topological polar surface area (TPSA) is 55.6 Å². The van der Waals surface area contributed by atoms with E-state index in [2.05, 4.69) is 0 Å². The second kappa shape index (κ2) is 3.76. The van der Waals surface area contributed by atoms with Gasteiger partial charge in [-0.3, -0.25) is 4.79 Å². The normalized spacial score (nSPS) is 26.0. The first-order valence-corrected chi connectivity index (χ1v) is 5.09. The molecule has 15 heavy (non-hydrogen) atoms. The maximum absolute atomic E-state index is 11.8. The van der Waals surface area contributed by atoms with Crippen molar-refractivity contribution in [1.29, 1.82) is 0 Å². The summed E-state index contributed by atoms with van der Waals surface area (Å²) < 4.78 is 5.09. The minimum absolute atomic E-state index is 0.00588. The van der Waals surface area contributed by atoms with Crippen molar-refractivity contribution in [2.45, 2.75) is 25.0 Å². The van der Waals surface area contributed by atoms with Crippen LogP contribution in [0.1, 0.15) is 12.5 Å². The first-order chi connectivity index (χ1) is 7.12. The van der Waals surface area contributed by atoms with Gasteiger partial charge in [0.05, 0.1) is 12.6 Å². The van der Waals surface area contributed by atoms with Crippen molar-refractivity contribution in [3.63, 3.8) is 0 Å². The van der Waals surface area contributed by atoms with Crippen molar-refractivity contribution in [3.8, 4) is 0 Å². The summed E-state index contributed by atoms with van der Waals surface area (Å²) in [5.41, 5.74) is 6.33. The Labute approximate surface area is 89.2 Å². The third-order valence-corrected chi connectivity index (χ3v) is 2.73. The van der Waals surface area contributed by atoms with Gasteiger partial charge in [0.15, 0.2) is 5.78 Å². The van der Waals surface area contributed by atoms with Gasteiger partial charge in [-0.15, -0.1) is 0 Å². The summed E-state index contributed by atoms with van der Waals surface area (Å²) in [5, 5.41) is 0. The average Bonchev–Trinajstić information content (AvgIpc) is 2.98. The van der Waals surface area contributed by atoms with Gasteiger partial charge >= 0.3 is 0 Å². The fourth-order valence-electron chi connectivity index (χ4n) is 1.60. The van der Waals surface area contributed by atoms with Crippen LogP contribution in [0, 0.1) is 0 Å². The van der Waals surface area contributed by atoms with Crippen LogP contribution in [0.5, 0.6) is 0 Å². The van der Waals surface area contributed by atoms with Crippen molar-refractivity contribution >= 4 is 5.78 Å². The van der Waals surface area contributed by atoms with Gasteiger partial charge in [-0.05, 0) is 18.9 Å². The molecule has 0 bridgehead atoms. The summed E-state index contributed by atoms with van der Waals surface area (Å²) in [6, 6.07) is 9.33. The van der Waals surface area contributed by atoms with Crippen LogP contribution in [0.2, 0.25) is 0 Å². The Balaban J connectivity index is 1.98. The molecular weight excluding hydrogens is 190 g/mol. The van der Waals surface area contributed by atoms with E-state index < -0.39 is 11.6 Å². The van der Waals surface area contributed by atoms with E-state index in [0.717, 1.165) is 5.56 Å². The molecule has 2 atom stereocenters. The van der Waals surface area contributed by atoms with Crippen LogP contribution in [-0.4, -0.2) is 24.0 Å². The smallest absolute Gasteiger partial charge is 0.183 e. The van der Waals surface area contributed by atoms with Gasteiger partial charge < -0.3 is 10.5 Å². The van der Waals surface area contributed by atoms with E-state index in [1.54, 1.807) is 6.92 Å². The maximum Gasteiger partial charge on any atom is 0.183 e. The van der Waals surface area contributed by atoms with Crippen LogP contribution in [-0.2, 0) is 16.0 Å². The molecule has 1 aliphatic rings. The van der Waals surface area contributed by atoms with Crippen molar-refractivity contribution in [2.24, 2.45) is 5.73 Å². The standard InChI is InChI=1S/C12H15NO2/c1-12(8-15-12)11(14)10(13)7-9-5-3-2-4-6-9/h2-6,10H,7-8,13H2,1H3. The average molecular weight is 205 g/mol. The molecule has 0 spiro atoms. The number of Topliss-reactive ketones (excluding diaryl/α,β-unsaturated/α-hetero) is 1. The minimum Gasteiger partial charge on any atom is -0.362 e. The molecule has 0 aliphatic carbocycles. The van der Waals surface area contributed by atoms with Crippen molar-refractivity contribution < 1.29 is 9.53 Å². The molecule has 3 nitrogen and oxygen atoms in total. The second-order valence-electron chi connectivity index (χ2n) is 4.18. The summed E-state index contributed by atoms with van der Waals surface area (Å²) in [7, 11) is 0. The fourth-order valence-corrected chi connectivity index (χ4v) is 1.60. The molecule has 2 rings (SSSR count). The monoisotopic (exact) mass is 205 g/mol. The number of ether oxygens (including phenoxy) is 1. The zero-order valence-electron chi connectivity index (χ0n) is 8.77. The number of hydrogen-bond acceptors (Lipinski definition) is 3. The predicted octanol–water partition coefficient (Wildman–Crippen LogP) is 0.914. The van der Waals surface area contributed by atoms with Crippen LogP contribution >= 0.6 is 0 Å². The van der Waals surface area contributed by atoms with Crippen LogP contribution in [0.15, 0.2) is 30.3 Å². The Kier molecular flexibility index (Phi) is 2.59. The molecule has 2 N–H and O–H groups in total. The Morgan fingerprint density at radius 1 is 1.53 bits per heavy atom. The summed E-state index contributed by atoms with van der Waals surface area (Å²) in [6.07, 6.45) is 0.582. The molecule has 0 amide bonds. The van der Waals surface area contributed by atoms with E-state index in [4.69, 9.17) is 10.5 Å². The quantitative estimate of drug-likeness (QED) is 0.743. The van der Waals surface area contributed by atoms with Crippen LogP contribution < -0.4 is 5.73 Å². The molecule has 1 saturated heterocycles. The Morgan fingerprint density at radius 3 is 2.67 bits per heavy atom. The number of hydrogen-bond donors (Lipinski definition) is 1. The fraction of sp³-hybridized carbons (Fsp3) is 0.417. The van der Waals surface area contributed by atoms with Gasteiger partial charge in [0.2, 0.25) is 0 Å². The van der Waals surface area contributed by atoms with E-state index in [0.29, 0.717) is 13.0 Å². The predicted molar refractivity (Wildman–Crippen MR) is 57.5 cm³/mol. The number of nitrogens with two attached hydrogens (primary N) is 1. The Hall–Kier alpha value is -1.19. The third-order valence-electron chi connectivity index (χ3n) is 2.73. The second-order valence-corrected chi connectivity index (χ2v) is 4.18. The highest BCUT2D eigenvalue weighted by Crippen LogP contribution is 2.28. The summed E-state index contributed by atoms with van der Waals surface area (Å²) in [5.74, 6) is 0.00588. The number of rotatable bonds is 4. The van der Waals surface area contributed by atoms with Crippen molar-refractivity contribution in [1.82, 2.24) is 0 Å². The molecular formula is C12H15NO2. The first kappa shape index (κ1) is 10.3. The van der Waals surface area contributed by atoms with E-state index in [1.165, 1.54) is 0 Å². The van der Waals surface area contributed by atoms with Crippen LogP contribution in [0.25, 0.3) is 0 Å². The molecule has 1 aliphatic heterocycles. The molecule has 80 valence electrons. The first-order valence-electron chi connectivity index (χ1n) is 5.09. The van der Waals surface area contributed by atoms with Gasteiger partial charge in [-0.25, -0.2) is 0 Å². The number of carbonyl (C=O) groups is 1. The highest BCUT2D eigenvalue weighted by molar-refractivity contribution is 5.93.